The Bertz CT molecular complexity index is 843. The number of carbonyl (C=O) groups excluding carboxylic acids is 4. The van der Waals surface area contributed by atoms with Gasteiger partial charge in [0.1, 0.15) is 6.54 Å². The van der Waals surface area contributed by atoms with E-state index in [1.54, 1.807) is 24.3 Å². The number of rotatable bonds is 6. The van der Waals surface area contributed by atoms with E-state index >= 15 is 0 Å². The Morgan fingerprint density at radius 3 is 2.29 bits per heavy atom. The molecule has 1 aromatic rings. The summed E-state index contributed by atoms with van der Waals surface area (Å²) in [5.41, 5.74) is 1.33. The van der Waals surface area contributed by atoms with Crippen LogP contribution in [0.1, 0.15) is 18.4 Å². The molecule has 1 aromatic carbocycles. The first-order valence-corrected chi connectivity index (χ1v) is 8.91. The number of imide groups is 1. The molecule has 0 unspecified atom stereocenters. The number of hydrogen-bond donors (Lipinski definition) is 1. The van der Waals surface area contributed by atoms with E-state index < -0.39 is 36.9 Å². The molecule has 0 saturated carbocycles. The molecule has 3 amide bonds. The zero-order chi connectivity index (χ0) is 20.1. The van der Waals surface area contributed by atoms with Gasteiger partial charge in [0.05, 0.1) is 24.3 Å². The van der Waals surface area contributed by atoms with Crippen molar-refractivity contribution < 1.29 is 23.9 Å². The van der Waals surface area contributed by atoms with E-state index in [4.69, 9.17) is 10.00 Å². The van der Waals surface area contributed by atoms with Crippen LogP contribution < -0.4 is 5.32 Å². The van der Waals surface area contributed by atoms with Crippen molar-refractivity contribution in [3.8, 4) is 6.07 Å². The van der Waals surface area contributed by atoms with Crippen molar-refractivity contribution in [2.24, 2.45) is 11.8 Å². The molecule has 1 saturated heterocycles. The van der Waals surface area contributed by atoms with E-state index in [1.165, 1.54) is 0 Å². The van der Waals surface area contributed by atoms with Crippen molar-refractivity contribution in [3.05, 3.63) is 42.0 Å². The number of amides is 3. The van der Waals surface area contributed by atoms with Gasteiger partial charge in [0.15, 0.2) is 6.61 Å². The van der Waals surface area contributed by atoms with Gasteiger partial charge in [-0.05, 0) is 30.5 Å². The van der Waals surface area contributed by atoms with E-state index in [-0.39, 0.29) is 18.2 Å². The first kappa shape index (κ1) is 19.3. The minimum atomic E-state index is -0.812. The van der Waals surface area contributed by atoms with Crippen molar-refractivity contribution in [1.82, 2.24) is 4.90 Å². The van der Waals surface area contributed by atoms with Crippen LogP contribution in [-0.4, -0.2) is 41.7 Å². The lowest BCUT2D eigenvalue weighted by molar-refractivity contribution is -0.154. The molecule has 1 N–H and O–H groups in total. The number of nitrogens with one attached hydrogen (secondary N) is 1. The van der Waals surface area contributed by atoms with Crippen molar-refractivity contribution in [2.45, 2.75) is 19.3 Å². The molecular formula is C20H19N3O5. The Labute approximate surface area is 161 Å². The lowest BCUT2D eigenvalue weighted by Gasteiger charge is -2.14. The number of esters is 1. The summed E-state index contributed by atoms with van der Waals surface area (Å²) < 4.78 is 4.89. The highest BCUT2D eigenvalue weighted by Crippen LogP contribution is 2.34. The SMILES string of the molecule is N#CCc1ccc(NC(=O)COC(=O)CN2C(=O)[C@H]3CC=CC[C@H]3C2=O)cc1. The van der Waals surface area contributed by atoms with Crippen LogP contribution in [0.3, 0.4) is 0 Å². The Kier molecular flexibility index (Phi) is 5.84. The molecule has 0 bridgehead atoms. The highest BCUT2D eigenvalue weighted by Gasteiger charge is 2.47. The molecule has 8 heteroatoms. The maximum Gasteiger partial charge on any atom is 0.326 e. The molecule has 0 radical (unpaired) electrons. The molecule has 28 heavy (non-hydrogen) atoms. The van der Waals surface area contributed by atoms with Gasteiger partial charge in [0, 0.05) is 5.69 Å². The predicted molar refractivity (Wildman–Crippen MR) is 97.4 cm³/mol. The molecule has 0 spiro atoms. The lowest BCUT2D eigenvalue weighted by atomic mass is 9.85. The second-order valence-corrected chi connectivity index (χ2v) is 6.66. The monoisotopic (exact) mass is 381 g/mol. The van der Waals surface area contributed by atoms with Crippen molar-refractivity contribution in [2.75, 3.05) is 18.5 Å². The van der Waals surface area contributed by atoms with Crippen LogP contribution in [0, 0.1) is 23.2 Å². The first-order valence-electron chi connectivity index (χ1n) is 8.91. The fraction of sp³-hybridized carbons (Fsp3) is 0.350. The Morgan fingerprint density at radius 2 is 1.71 bits per heavy atom. The summed E-state index contributed by atoms with van der Waals surface area (Å²) in [6.45, 7) is -1.01. The van der Waals surface area contributed by atoms with Gasteiger partial charge in [-0.25, -0.2) is 0 Å². The number of ether oxygens (including phenoxy) is 1. The van der Waals surface area contributed by atoms with E-state index in [1.807, 2.05) is 18.2 Å². The van der Waals surface area contributed by atoms with Crippen molar-refractivity contribution in [1.29, 1.82) is 5.26 Å². The van der Waals surface area contributed by atoms with Gasteiger partial charge in [0.2, 0.25) is 11.8 Å². The number of likely N-dealkylation sites (tertiary alicyclic amines) is 1. The fourth-order valence-electron chi connectivity index (χ4n) is 3.34. The molecular weight excluding hydrogens is 362 g/mol. The van der Waals surface area contributed by atoms with Crippen LogP contribution in [-0.2, 0) is 30.3 Å². The van der Waals surface area contributed by atoms with E-state index in [0.29, 0.717) is 18.5 Å². The number of benzene rings is 1. The van der Waals surface area contributed by atoms with Crippen LogP contribution in [0.2, 0.25) is 0 Å². The topological polar surface area (TPSA) is 117 Å². The van der Waals surface area contributed by atoms with Crippen LogP contribution >= 0.6 is 0 Å². The highest BCUT2D eigenvalue weighted by atomic mass is 16.5. The molecule has 8 nitrogen and oxygen atoms in total. The number of carbonyl (C=O) groups is 4. The number of hydrogen-bond acceptors (Lipinski definition) is 6. The van der Waals surface area contributed by atoms with Crippen LogP contribution in [0.25, 0.3) is 0 Å². The minimum Gasteiger partial charge on any atom is -0.454 e. The summed E-state index contributed by atoms with van der Waals surface area (Å²) in [5.74, 6) is -2.89. The highest BCUT2D eigenvalue weighted by molar-refractivity contribution is 6.07. The van der Waals surface area contributed by atoms with Gasteiger partial charge in [-0.1, -0.05) is 24.3 Å². The van der Waals surface area contributed by atoms with E-state index in [2.05, 4.69) is 5.32 Å². The Morgan fingerprint density at radius 1 is 1.11 bits per heavy atom. The second kappa shape index (κ2) is 8.48. The molecule has 2 atom stereocenters. The third kappa shape index (κ3) is 4.26. The van der Waals surface area contributed by atoms with Gasteiger partial charge >= 0.3 is 5.97 Å². The van der Waals surface area contributed by atoms with Gasteiger partial charge in [0.25, 0.3) is 5.91 Å². The van der Waals surface area contributed by atoms with Gasteiger partial charge in [-0.3, -0.25) is 24.1 Å². The van der Waals surface area contributed by atoms with Gasteiger partial charge < -0.3 is 10.1 Å². The average molecular weight is 381 g/mol. The number of nitrogens with zero attached hydrogens (tertiary/aromatic N) is 2. The normalized spacial score (nSPS) is 20.5. The zero-order valence-electron chi connectivity index (χ0n) is 15.1. The summed E-state index contributed by atoms with van der Waals surface area (Å²) in [7, 11) is 0. The fourth-order valence-corrected chi connectivity index (χ4v) is 3.34. The summed E-state index contributed by atoms with van der Waals surface area (Å²) in [6.07, 6.45) is 5.00. The summed E-state index contributed by atoms with van der Waals surface area (Å²) in [6, 6.07) is 8.74. The third-order valence-corrected chi connectivity index (χ3v) is 4.77. The quantitative estimate of drug-likeness (QED) is 0.449. The van der Waals surface area contributed by atoms with Crippen molar-refractivity contribution in [3.63, 3.8) is 0 Å². The maximum absolute atomic E-state index is 12.3. The average Bonchev–Trinajstić information content (AvgIpc) is 2.93. The Balaban J connectivity index is 1.46. The lowest BCUT2D eigenvalue weighted by Crippen LogP contribution is -2.37. The summed E-state index contributed by atoms with van der Waals surface area (Å²) >= 11 is 0. The molecule has 1 aliphatic heterocycles. The number of nitriles is 1. The molecule has 2 aliphatic rings. The molecule has 0 aromatic heterocycles. The number of allylic oxidation sites excluding steroid dienone is 2. The first-order chi connectivity index (χ1) is 13.5. The second-order valence-electron chi connectivity index (χ2n) is 6.66. The van der Waals surface area contributed by atoms with Crippen LogP contribution in [0.5, 0.6) is 0 Å². The van der Waals surface area contributed by atoms with Gasteiger partial charge in [-0.2, -0.15) is 5.26 Å². The number of anilines is 1. The summed E-state index contributed by atoms with van der Waals surface area (Å²) in [5, 5.41) is 11.2. The third-order valence-electron chi connectivity index (χ3n) is 4.77. The van der Waals surface area contributed by atoms with Crippen LogP contribution in [0.4, 0.5) is 5.69 Å². The maximum atomic E-state index is 12.3. The van der Waals surface area contributed by atoms with E-state index in [9.17, 15) is 19.2 Å². The number of fused-ring (bicyclic) bond motifs is 1. The summed E-state index contributed by atoms with van der Waals surface area (Å²) in [4.78, 5) is 49.4. The largest absolute Gasteiger partial charge is 0.454 e. The standard InChI is InChI=1S/C20H19N3O5/c21-10-9-13-5-7-14(8-6-13)22-17(24)12-28-18(25)11-23-19(26)15-3-1-2-4-16(15)20(23)27/h1-2,5-8,15-16H,3-4,9,11-12H2,(H,22,24)/t15-,16+. The predicted octanol–water partition coefficient (Wildman–Crippen LogP) is 1.19. The molecule has 3 rings (SSSR count). The molecule has 1 fully saturated rings. The molecule has 144 valence electrons. The zero-order valence-corrected chi connectivity index (χ0v) is 15.1. The Hall–Kier alpha value is -3.47. The molecule has 1 aliphatic carbocycles. The minimum absolute atomic E-state index is 0.275. The smallest absolute Gasteiger partial charge is 0.326 e. The van der Waals surface area contributed by atoms with Crippen molar-refractivity contribution >= 4 is 29.4 Å². The van der Waals surface area contributed by atoms with Crippen LogP contribution in [0.15, 0.2) is 36.4 Å². The molecule has 1 heterocycles. The van der Waals surface area contributed by atoms with Gasteiger partial charge in [-0.15, -0.1) is 0 Å². The van der Waals surface area contributed by atoms with E-state index in [0.717, 1.165) is 10.5 Å².